The molecule has 3 aromatic rings. The first-order chi connectivity index (χ1) is 15.0. The number of carbonyl (C=O) groups is 1. The molecule has 2 aromatic carbocycles. The molecule has 31 heavy (non-hydrogen) atoms. The van der Waals surface area contributed by atoms with Crippen molar-refractivity contribution >= 4 is 62.7 Å². The van der Waals surface area contributed by atoms with Gasteiger partial charge >= 0.3 is 0 Å². The molecule has 156 valence electrons. The zero-order valence-corrected chi connectivity index (χ0v) is 19.1. The van der Waals surface area contributed by atoms with E-state index < -0.39 is 0 Å². The molecule has 1 fully saturated rings. The number of aromatic hydroxyl groups is 1. The summed E-state index contributed by atoms with van der Waals surface area (Å²) in [6.07, 6.45) is 4.77. The van der Waals surface area contributed by atoms with E-state index in [2.05, 4.69) is 26.1 Å². The van der Waals surface area contributed by atoms with Crippen molar-refractivity contribution in [2.75, 3.05) is 0 Å². The number of hydrogen-bond acceptors (Lipinski definition) is 6. The van der Waals surface area contributed by atoms with E-state index in [-0.39, 0.29) is 18.2 Å². The van der Waals surface area contributed by atoms with E-state index in [9.17, 15) is 9.90 Å². The fourth-order valence-electron chi connectivity index (χ4n) is 2.76. The molecule has 0 aliphatic carbocycles. The fourth-order valence-corrected chi connectivity index (χ4v) is 4.20. The van der Waals surface area contributed by atoms with Crippen molar-refractivity contribution in [1.82, 2.24) is 4.90 Å². The summed E-state index contributed by atoms with van der Waals surface area (Å²) >= 11 is 10.5. The van der Waals surface area contributed by atoms with Crippen molar-refractivity contribution in [2.45, 2.75) is 6.54 Å². The van der Waals surface area contributed by atoms with Gasteiger partial charge in [0.25, 0.3) is 5.91 Å². The molecule has 0 unspecified atom stereocenters. The SMILES string of the molecule is O=C1/C(=C/c2ccc(Cl)cc2)S/C(=N\N=C\c2cc(Br)ccc2O)N1Cc1ccco1. The maximum absolute atomic E-state index is 13.0. The normalized spacial score (nSPS) is 16.8. The zero-order chi connectivity index (χ0) is 21.8. The van der Waals surface area contributed by atoms with Crippen LogP contribution in [0.3, 0.4) is 0 Å². The Morgan fingerprint density at radius 2 is 2.00 bits per heavy atom. The number of benzene rings is 2. The Kier molecular flexibility index (Phi) is 6.60. The molecule has 0 atom stereocenters. The Labute approximate surface area is 196 Å². The van der Waals surface area contributed by atoms with Gasteiger partial charge in [0.2, 0.25) is 0 Å². The lowest BCUT2D eigenvalue weighted by Crippen LogP contribution is -2.28. The molecule has 0 bridgehead atoms. The second-order valence-electron chi connectivity index (χ2n) is 6.46. The van der Waals surface area contributed by atoms with Crippen LogP contribution in [0.2, 0.25) is 5.02 Å². The summed E-state index contributed by atoms with van der Waals surface area (Å²) in [5.41, 5.74) is 1.35. The molecule has 0 spiro atoms. The second kappa shape index (κ2) is 9.55. The minimum Gasteiger partial charge on any atom is -0.507 e. The molecule has 6 nitrogen and oxygen atoms in total. The summed E-state index contributed by atoms with van der Waals surface area (Å²) in [5.74, 6) is 0.511. The number of amidine groups is 1. The molecule has 1 saturated heterocycles. The molecular formula is C22H15BrClN3O3S. The van der Waals surface area contributed by atoms with E-state index in [4.69, 9.17) is 16.0 Å². The molecule has 1 amide bonds. The number of phenolic OH excluding ortho intramolecular Hbond substituents is 1. The molecule has 1 aliphatic heterocycles. The van der Waals surface area contributed by atoms with Gasteiger partial charge in [0, 0.05) is 15.1 Å². The van der Waals surface area contributed by atoms with Gasteiger partial charge in [-0.2, -0.15) is 5.10 Å². The number of phenols is 1. The first-order valence-electron chi connectivity index (χ1n) is 9.08. The van der Waals surface area contributed by atoms with Crippen LogP contribution in [0.4, 0.5) is 0 Å². The zero-order valence-electron chi connectivity index (χ0n) is 15.9. The van der Waals surface area contributed by atoms with E-state index >= 15 is 0 Å². The maximum Gasteiger partial charge on any atom is 0.267 e. The Bertz CT molecular complexity index is 1190. The van der Waals surface area contributed by atoms with Gasteiger partial charge in [-0.15, -0.1) is 5.10 Å². The number of halogens is 2. The molecule has 1 aromatic heterocycles. The lowest BCUT2D eigenvalue weighted by Gasteiger charge is -2.12. The number of furan rings is 1. The van der Waals surface area contributed by atoms with Crippen LogP contribution in [0.1, 0.15) is 16.9 Å². The van der Waals surface area contributed by atoms with Crippen LogP contribution in [0.15, 0.2) is 84.9 Å². The van der Waals surface area contributed by atoms with Gasteiger partial charge in [-0.25, -0.2) is 0 Å². The summed E-state index contributed by atoms with van der Waals surface area (Å²) in [5, 5.41) is 19.3. The number of amides is 1. The quantitative estimate of drug-likeness (QED) is 0.260. The van der Waals surface area contributed by atoms with Crippen LogP contribution in [-0.2, 0) is 11.3 Å². The van der Waals surface area contributed by atoms with Crippen LogP contribution >= 0.6 is 39.3 Å². The maximum atomic E-state index is 13.0. The lowest BCUT2D eigenvalue weighted by atomic mass is 10.2. The van der Waals surface area contributed by atoms with Crippen molar-refractivity contribution in [3.8, 4) is 5.75 Å². The van der Waals surface area contributed by atoms with E-state index in [0.717, 1.165) is 10.0 Å². The van der Waals surface area contributed by atoms with Gasteiger partial charge in [-0.3, -0.25) is 9.69 Å². The van der Waals surface area contributed by atoms with Gasteiger partial charge in [-0.05, 0) is 65.9 Å². The summed E-state index contributed by atoms with van der Waals surface area (Å²) in [6, 6.07) is 15.8. The van der Waals surface area contributed by atoms with Crippen LogP contribution in [-0.4, -0.2) is 27.3 Å². The van der Waals surface area contributed by atoms with E-state index in [1.165, 1.54) is 22.9 Å². The van der Waals surface area contributed by atoms with Crippen molar-refractivity contribution in [1.29, 1.82) is 0 Å². The van der Waals surface area contributed by atoms with Gasteiger partial charge < -0.3 is 9.52 Å². The predicted molar refractivity (Wildman–Crippen MR) is 127 cm³/mol. The number of carbonyl (C=O) groups excluding carboxylic acids is 1. The molecule has 9 heteroatoms. The number of thioether (sulfide) groups is 1. The third-order valence-corrected chi connectivity index (χ3v) is 6.02. The van der Waals surface area contributed by atoms with E-state index in [1.54, 1.807) is 54.8 Å². The summed E-state index contributed by atoms with van der Waals surface area (Å²) in [6.45, 7) is 0.229. The number of hydrogen-bond donors (Lipinski definition) is 1. The average Bonchev–Trinajstić information content (AvgIpc) is 3.36. The van der Waals surface area contributed by atoms with Gasteiger partial charge in [0.15, 0.2) is 5.17 Å². The second-order valence-corrected chi connectivity index (χ2v) is 8.82. The standard InChI is InChI=1S/C22H15BrClN3O3S/c23-16-5-8-19(28)15(11-16)12-25-26-22-27(13-18-2-1-9-30-18)21(29)20(31-22)10-14-3-6-17(24)7-4-14/h1-12,28H,13H2/b20-10-,25-12+,26-22-. The van der Waals surface area contributed by atoms with Crippen LogP contribution < -0.4 is 0 Å². The predicted octanol–water partition coefficient (Wildman–Crippen LogP) is 5.91. The van der Waals surface area contributed by atoms with Crippen molar-refractivity contribution in [2.24, 2.45) is 10.2 Å². The van der Waals surface area contributed by atoms with Crippen LogP contribution in [0, 0.1) is 0 Å². The largest absolute Gasteiger partial charge is 0.507 e. The first kappa shape index (κ1) is 21.4. The summed E-state index contributed by atoms with van der Waals surface area (Å²) in [4.78, 5) is 15.0. The average molecular weight is 517 g/mol. The van der Waals surface area contributed by atoms with Crippen molar-refractivity contribution in [3.63, 3.8) is 0 Å². The topological polar surface area (TPSA) is 78.4 Å². The van der Waals surface area contributed by atoms with Crippen LogP contribution in [0.5, 0.6) is 5.75 Å². The summed E-state index contributed by atoms with van der Waals surface area (Å²) in [7, 11) is 0. The molecule has 1 N–H and O–H groups in total. The Morgan fingerprint density at radius 1 is 1.19 bits per heavy atom. The number of rotatable bonds is 5. The highest BCUT2D eigenvalue weighted by atomic mass is 79.9. The van der Waals surface area contributed by atoms with Crippen molar-refractivity contribution in [3.05, 3.63) is 92.1 Å². The van der Waals surface area contributed by atoms with E-state index in [0.29, 0.717) is 26.4 Å². The highest BCUT2D eigenvalue weighted by Crippen LogP contribution is 2.34. The fraction of sp³-hybridized carbons (Fsp3) is 0.0455. The first-order valence-corrected chi connectivity index (χ1v) is 11.1. The summed E-state index contributed by atoms with van der Waals surface area (Å²) < 4.78 is 6.20. The van der Waals surface area contributed by atoms with Crippen molar-refractivity contribution < 1.29 is 14.3 Å². The minimum atomic E-state index is -0.199. The van der Waals surface area contributed by atoms with E-state index in [1.807, 2.05) is 12.1 Å². The Hall–Kier alpha value is -2.81. The minimum absolute atomic E-state index is 0.0815. The third kappa shape index (κ3) is 5.28. The monoisotopic (exact) mass is 515 g/mol. The Morgan fingerprint density at radius 3 is 2.74 bits per heavy atom. The molecule has 2 heterocycles. The third-order valence-electron chi connectivity index (χ3n) is 4.28. The lowest BCUT2D eigenvalue weighted by molar-refractivity contribution is -0.122. The molecule has 1 aliphatic rings. The molecule has 0 saturated carbocycles. The smallest absolute Gasteiger partial charge is 0.267 e. The molecule has 0 radical (unpaired) electrons. The molecular weight excluding hydrogens is 502 g/mol. The van der Waals surface area contributed by atoms with Crippen LogP contribution in [0.25, 0.3) is 6.08 Å². The molecule has 4 rings (SSSR count). The highest BCUT2D eigenvalue weighted by molar-refractivity contribution is 9.10. The number of nitrogens with zero attached hydrogens (tertiary/aromatic N) is 3. The van der Waals surface area contributed by atoms with Gasteiger partial charge in [0.05, 0.1) is 23.9 Å². The Balaban J connectivity index is 1.63. The van der Waals surface area contributed by atoms with Gasteiger partial charge in [0.1, 0.15) is 11.5 Å². The highest BCUT2D eigenvalue weighted by Gasteiger charge is 2.34. The van der Waals surface area contributed by atoms with Gasteiger partial charge in [-0.1, -0.05) is 39.7 Å².